The number of halogens is 4. The van der Waals surface area contributed by atoms with Gasteiger partial charge in [-0.3, -0.25) is 28.7 Å². The molecule has 3 N–H and O–H groups in total. The van der Waals surface area contributed by atoms with Crippen molar-refractivity contribution < 1.29 is 46.3 Å². The van der Waals surface area contributed by atoms with Gasteiger partial charge in [-0.25, -0.2) is 4.39 Å². The van der Waals surface area contributed by atoms with Crippen LogP contribution in [0.1, 0.15) is 25.7 Å². The van der Waals surface area contributed by atoms with Crippen molar-refractivity contribution in [1.29, 1.82) is 0 Å². The minimum absolute atomic E-state index is 0.0672. The van der Waals surface area contributed by atoms with Crippen LogP contribution in [-0.4, -0.2) is 72.0 Å². The van der Waals surface area contributed by atoms with Gasteiger partial charge in [-0.05, 0) is 43.7 Å². The molecule has 1 aromatic carbocycles. The van der Waals surface area contributed by atoms with E-state index in [0.717, 1.165) is 11.0 Å². The zero-order chi connectivity index (χ0) is 27.0. The largest absolute Gasteiger partial charge is 0.522 e. The highest BCUT2D eigenvalue weighted by Gasteiger charge is 2.63. The van der Waals surface area contributed by atoms with E-state index in [1.54, 1.807) is 0 Å². The van der Waals surface area contributed by atoms with Crippen LogP contribution in [0.4, 0.5) is 23.2 Å². The van der Waals surface area contributed by atoms with Gasteiger partial charge in [0.25, 0.3) is 0 Å². The molecule has 2 bridgehead atoms. The number of anilines is 1. The summed E-state index contributed by atoms with van der Waals surface area (Å²) in [6.45, 7) is -0.980. The lowest BCUT2D eigenvalue weighted by molar-refractivity contribution is -0.321. The highest BCUT2D eigenvalue weighted by atomic mass is 19.4. The van der Waals surface area contributed by atoms with Crippen molar-refractivity contribution in [2.24, 2.45) is 11.8 Å². The van der Waals surface area contributed by atoms with Crippen molar-refractivity contribution in [2.45, 2.75) is 43.6 Å². The van der Waals surface area contributed by atoms with E-state index in [-0.39, 0.29) is 37.4 Å². The third-order valence-corrected chi connectivity index (χ3v) is 6.95. The number of ketones is 1. The van der Waals surface area contributed by atoms with E-state index in [0.29, 0.717) is 13.0 Å². The van der Waals surface area contributed by atoms with Crippen molar-refractivity contribution in [3.05, 3.63) is 30.1 Å². The maximum absolute atomic E-state index is 13.9. The molecule has 3 saturated heterocycles. The van der Waals surface area contributed by atoms with E-state index < -0.39 is 65.7 Å². The van der Waals surface area contributed by atoms with Crippen molar-refractivity contribution in [3.63, 3.8) is 0 Å². The minimum Gasteiger partial charge on any atom is -0.356 e. The van der Waals surface area contributed by atoms with Crippen LogP contribution in [0.2, 0.25) is 0 Å². The predicted octanol–water partition coefficient (Wildman–Crippen LogP) is 0.872. The fourth-order valence-corrected chi connectivity index (χ4v) is 5.10. The number of Topliss-reactive ketones (excluding diaryl/α,β-unsaturated/α-hetero) is 1. The number of nitrogens with zero attached hydrogens (tertiary/aromatic N) is 1. The van der Waals surface area contributed by atoms with E-state index in [4.69, 9.17) is 0 Å². The van der Waals surface area contributed by atoms with E-state index in [1.165, 1.54) is 18.2 Å². The molecule has 3 heterocycles. The molecule has 0 radical (unpaired) electrons. The number of alkyl halides is 3. The standard InChI is InChI=1S/C23H24F4N4O6/c24-14-3-1-2-4-15(14)29-19(34)20(35)31-10-12-8-22(31,9-12)21(36)30-16(7-13-5-6-28-18(13)33)17(32)11-37-23(25,26)27/h1-4,12-13,16H,5-11H2,(H,28,33)(H,29,34)(H,30,36)/t12?,13-,16-,22?/m0/s1. The molecule has 14 heteroatoms. The van der Waals surface area contributed by atoms with Gasteiger partial charge in [-0.15, -0.1) is 13.2 Å². The summed E-state index contributed by atoms with van der Waals surface area (Å²) in [5.41, 5.74) is -1.72. The second-order valence-corrected chi connectivity index (χ2v) is 9.39. The molecule has 2 atom stereocenters. The first kappa shape index (κ1) is 26.5. The fraction of sp³-hybridized carbons (Fsp3) is 0.522. The molecule has 1 aliphatic carbocycles. The van der Waals surface area contributed by atoms with Crippen LogP contribution in [0.15, 0.2) is 24.3 Å². The number of carbonyl (C=O) groups is 5. The van der Waals surface area contributed by atoms with Crippen molar-refractivity contribution in [2.75, 3.05) is 25.0 Å². The number of hydrogen-bond donors (Lipinski definition) is 3. The van der Waals surface area contributed by atoms with Crippen LogP contribution in [0.25, 0.3) is 0 Å². The molecule has 4 fully saturated rings. The highest BCUT2D eigenvalue weighted by molar-refractivity contribution is 6.40. The Morgan fingerprint density at radius 2 is 1.89 bits per heavy atom. The van der Waals surface area contributed by atoms with E-state index in [9.17, 15) is 41.5 Å². The Kier molecular flexibility index (Phi) is 7.22. The Bertz CT molecular complexity index is 1120. The third kappa shape index (κ3) is 5.58. The van der Waals surface area contributed by atoms with Crippen LogP contribution in [0.3, 0.4) is 0 Å². The van der Waals surface area contributed by atoms with Crippen LogP contribution in [0.5, 0.6) is 0 Å². The van der Waals surface area contributed by atoms with E-state index in [1.807, 2.05) is 0 Å². The molecule has 10 nitrogen and oxygen atoms in total. The molecular formula is C23H24F4N4O6. The number of benzene rings is 1. The quantitative estimate of drug-likeness (QED) is 0.339. The maximum Gasteiger partial charge on any atom is 0.522 e. The summed E-state index contributed by atoms with van der Waals surface area (Å²) in [6, 6.07) is 3.71. The monoisotopic (exact) mass is 528 g/mol. The van der Waals surface area contributed by atoms with Gasteiger partial charge < -0.3 is 20.9 Å². The normalized spacial score (nSPS) is 25.2. The van der Waals surface area contributed by atoms with Gasteiger partial charge in [0.15, 0.2) is 5.78 Å². The molecule has 5 rings (SSSR count). The number of nitrogens with one attached hydrogen (secondary N) is 3. The van der Waals surface area contributed by atoms with E-state index >= 15 is 0 Å². The van der Waals surface area contributed by atoms with Crippen LogP contribution in [-0.2, 0) is 28.7 Å². The number of fused-ring (bicyclic) bond motifs is 1. The van der Waals surface area contributed by atoms with Crippen molar-refractivity contribution >= 4 is 35.1 Å². The van der Waals surface area contributed by atoms with Gasteiger partial charge in [-0.2, -0.15) is 0 Å². The Morgan fingerprint density at radius 3 is 2.51 bits per heavy atom. The SMILES string of the molecule is O=C(Nc1ccccc1F)C(=O)N1CC2CC1(C(=O)N[C@@H](C[C@@H]1CCNC1=O)C(=O)COC(F)(F)F)C2. The van der Waals surface area contributed by atoms with Crippen LogP contribution >= 0.6 is 0 Å². The highest BCUT2D eigenvalue weighted by Crippen LogP contribution is 2.50. The summed E-state index contributed by atoms with van der Waals surface area (Å²) in [5.74, 6) is -6.13. The minimum atomic E-state index is -5.07. The summed E-state index contributed by atoms with van der Waals surface area (Å²) in [5, 5.41) is 7.12. The predicted molar refractivity (Wildman–Crippen MR) is 117 cm³/mol. The molecule has 0 aromatic heterocycles. The molecule has 0 unspecified atom stereocenters. The first-order valence-electron chi connectivity index (χ1n) is 11.6. The van der Waals surface area contributed by atoms with Crippen molar-refractivity contribution in [3.8, 4) is 0 Å². The average molecular weight is 528 g/mol. The van der Waals surface area contributed by atoms with Crippen LogP contribution < -0.4 is 16.0 Å². The third-order valence-electron chi connectivity index (χ3n) is 6.95. The number of para-hydroxylation sites is 1. The molecule has 37 heavy (non-hydrogen) atoms. The second kappa shape index (κ2) is 10.1. The Hall–Kier alpha value is -3.55. The first-order valence-corrected chi connectivity index (χ1v) is 11.6. The number of rotatable bonds is 8. The maximum atomic E-state index is 13.9. The van der Waals surface area contributed by atoms with Gasteiger partial charge in [0.1, 0.15) is 18.0 Å². The fourth-order valence-electron chi connectivity index (χ4n) is 5.10. The summed E-state index contributed by atoms with van der Waals surface area (Å²) in [4.78, 5) is 64.3. The van der Waals surface area contributed by atoms with Gasteiger partial charge in [0.2, 0.25) is 11.8 Å². The number of hydrogen-bond acceptors (Lipinski definition) is 6. The number of amides is 4. The number of ether oxygens (including phenoxy) is 1. The van der Waals surface area contributed by atoms with Gasteiger partial charge in [-0.1, -0.05) is 12.1 Å². The van der Waals surface area contributed by atoms with E-state index in [2.05, 4.69) is 20.7 Å². The summed E-state index contributed by atoms with van der Waals surface area (Å²) in [7, 11) is 0. The lowest BCUT2D eigenvalue weighted by Crippen LogP contribution is -2.62. The van der Waals surface area contributed by atoms with Gasteiger partial charge in [0.05, 0.1) is 11.7 Å². The summed E-state index contributed by atoms with van der Waals surface area (Å²) in [6.07, 6.45) is -4.64. The second-order valence-electron chi connectivity index (χ2n) is 9.39. The molecule has 1 saturated carbocycles. The van der Waals surface area contributed by atoms with Gasteiger partial charge in [0, 0.05) is 19.0 Å². The molecule has 3 aliphatic heterocycles. The molecule has 200 valence electrons. The molecule has 1 aromatic rings. The Morgan fingerprint density at radius 1 is 1.19 bits per heavy atom. The summed E-state index contributed by atoms with van der Waals surface area (Å²) < 4.78 is 55.0. The molecular weight excluding hydrogens is 504 g/mol. The Balaban J connectivity index is 1.47. The molecule has 4 aliphatic rings. The lowest BCUT2D eigenvalue weighted by Gasteiger charge is -2.41. The smallest absolute Gasteiger partial charge is 0.356 e. The zero-order valence-corrected chi connectivity index (χ0v) is 19.4. The van der Waals surface area contributed by atoms with Crippen LogP contribution in [0, 0.1) is 17.7 Å². The topological polar surface area (TPSA) is 134 Å². The first-order chi connectivity index (χ1) is 17.4. The Labute approximate surface area is 208 Å². The molecule has 0 spiro atoms. The summed E-state index contributed by atoms with van der Waals surface area (Å²) >= 11 is 0. The zero-order valence-electron chi connectivity index (χ0n) is 19.4. The average Bonchev–Trinajstić information content (AvgIpc) is 3.51. The van der Waals surface area contributed by atoms with Gasteiger partial charge >= 0.3 is 18.2 Å². The lowest BCUT2D eigenvalue weighted by atomic mass is 9.72. The number of carbonyl (C=O) groups excluding carboxylic acids is 5. The van der Waals surface area contributed by atoms with Crippen molar-refractivity contribution in [1.82, 2.24) is 15.5 Å². The molecule has 4 amide bonds.